The molecule has 34 heavy (non-hydrogen) atoms. The number of carbonyl (C=O) groups excluding carboxylic acids is 1. The first kappa shape index (κ1) is 26.4. The monoisotopic (exact) mass is 480 g/mol. The van der Waals surface area contributed by atoms with Gasteiger partial charge in [0.05, 0.1) is 34.9 Å². The first-order chi connectivity index (χ1) is 15.6. The number of nitro groups is 1. The summed E-state index contributed by atoms with van der Waals surface area (Å²) in [5.41, 5.74) is -0.967. The largest absolute Gasteiger partial charge is 0.495 e. The van der Waals surface area contributed by atoms with Crippen LogP contribution < -0.4 is 10.8 Å². The molecule has 1 amide bonds. The predicted molar refractivity (Wildman–Crippen MR) is 125 cm³/mol. The molecule has 1 unspecified atom stereocenters. The molecule has 1 aliphatic heterocycles. The van der Waals surface area contributed by atoms with E-state index in [2.05, 4.69) is 5.32 Å². The number of alkyl carbamates (subject to hydrolysis) is 1. The van der Waals surface area contributed by atoms with Crippen molar-refractivity contribution >= 4 is 24.4 Å². The van der Waals surface area contributed by atoms with Crippen LogP contribution >= 0.6 is 0 Å². The molecule has 1 N–H and O–H groups in total. The van der Waals surface area contributed by atoms with Gasteiger partial charge in [-0.05, 0) is 59.5 Å². The van der Waals surface area contributed by atoms with Crippen LogP contribution in [0.3, 0.4) is 0 Å². The first-order valence-electron chi connectivity index (χ1n) is 11.5. The molecule has 11 heteroatoms. The quantitative estimate of drug-likeness (QED) is 0.375. The maximum absolute atomic E-state index is 14.1. The molecule has 0 aromatic heterocycles. The molecule has 1 aromatic carbocycles. The molecule has 1 heterocycles. The third kappa shape index (κ3) is 6.25. The highest BCUT2D eigenvalue weighted by Crippen LogP contribution is 2.37. The Morgan fingerprint density at radius 3 is 2.38 bits per heavy atom. The van der Waals surface area contributed by atoms with Gasteiger partial charge in [-0.2, -0.15) is 0 Å². The van der Waals surface area contributed by atoms with E-state index in [1.54, 1.807) is 26.8 Å². The molecule has 2 aliphatic rings. The summed E-state index contributed by atoms with van der Waals surface area (Å²) in [6.07, 6.45) is -2.15. The lowest BCUT2D eigenvalue weighted by Gasteiger charge is -2.32. The normalized spacial score (nSPS) is 25.9. The van der Waals surface area contributed by atoms with Gasteiger partial charge in [0, 0.05) is 25.0 Å². The number of benzene rings is 1. The fourth-order valence-corrected chi connectivity index (χ4v) is 3.94. The average molecular weight is 480 g/mol. The van der Waals surface area contributed by atoms with Gasteiger partial charge in [0.2, 0.25) is 0 Å². The SMILES string of the molecule is CC(C)(C)OC(=O)N[C@@H]1CC(F)C[C@H]1OCc1cc(B2OC(C)(C)C(C)(C)O2)cc([N+](=O)[O-])c1. The summed E-state index contributed by atoms with van der Waals surface area (Å²) in [7, 11) is -0.771. The third-order valence-corrected chi connectivity index (χ3v) is 6.35. The summed E-state index contributed by atoms with van der Waals surface area (Å²) in [4.78, 5) is 23.2. The number of nitro benzene ring substituents is 1. The molecule has 3 atom stereocenters. The molecule has 2 fully saturated rings. The molecular weight excluding hydrogens is 446 g/mol. The van der Waals surface area contributed by atoms with Gasteiger partial charge in [0.25, 0.3) is 5.69 Å². The van der Waals surface area contributed by atoms with Crippen LogP contribution in [0, 0.1) is 10.1 Å². The zero-order valence-electron chi connectivity index (χ0n) is 20.8. The minimum absolute atomic E-state index is 0.00191. The van der Waals surface area contributed by atoms with E-state index in [9.17, 15) is 19.3 Å². The van der Waals surface area contributed by atoms with E-state index in [0.717, 1.165) is 0 Å². The van der Waals surface area contributed by atoms with Crippen LogP contribution in [0.4, 0.5) is 14.9 Å². The lowest BCUT2D eigenvalue weighted by Crippen LogP contribution is -2.43. The van der Waals surface area contributed by atoms with Crippen LogP contribution in [0.25, 0.3) is 0 Å². The molecule has 1 saturated carbocycles. The topological polar surface area (TPSA) is 109 Å². The summed E-state index contributed by atoms with van der Waals surface area (Å²) >= 11 is 0. The number of halogens is 1. The van der Waals surface area contributed by atoms with E-state index < -0.39 is 53.3 Å². The van der Waals surface area contributed by atoms with Crippen molar-refractivity contribution in [1.29, 1.82) is 0 Å². The van der Waals surface area contributed by atoms with Crippen molar-refractivity contribution in [2.45, 2.75) is 103 Å². The molecule has 1 saturated heterocycles. The summed E-state index contributed by atoms with van der Waals surface area (Å²) in [6, 6.07) is 4.00. The van der Waals surface area contributed by atoms with E-state index >= 15 is 0 Å². The Kier molecular flexibility index (Phi) is 7.31. The van der Waals surface area contributed by atoms with Crippen LogP contribution in [0.1, 0.15) is 66.9 Å². The van der Waals surface area contributed by atoms with Gasteiger partial charge in [-0.3, -0.25) is 10.1 Å². The molecule has 1 aliphatic carbocycles. The summed E-state index contributed by atoms with van der Waals surface area (Å²) in [5.74, 6) is 0. The number of rotatable bonds is 6. The Labute approximate surface area is 200 Å². The number of ether oxygens (including phenoxy) is 2. The maximum atomic E-state index is 14.1. The minimum atomic E-state index is -1.13. The summed E-state index contributed by atoms with van der Waals surface area (Å²) in [6.45, 7) is 12.8. The molecule has 1 aromatic rings. The van der Waals surface area contributed by atoms with Gasteiger partial charge < -0.3 is 24.1 Å². The second-order valence-corrected chi connectivity index (χ2v) is 10.9. The number of nitrogens with one attached hydrogen (secondary N) is 1. The van der Waals surface area contributed by atoms with Gasteiger partial charge in [-0.15, -0.1) is 0 Å². The standard InChI is InChI=1S/C23H34BFN2O7/c1-21(2,3)32-20(28)26-18-11-16(25)12-19(18)31-13-14-8-15(10-17(9-14)27(29)30)24-33-22(4,5)23(6,7)34-24/h8-10,16,18-19H,11-13H2,1-7H3,(H,26,28)/t16?,18-,19-/m1/s1. The number of alkyl halides is 1. The Bertz CT molecular complexity index is 918. The molecule has 0 spiro atoms. The van der Waals surface area contributed by atoms with Crippen LogP contribution in [0.2, 0.25) is 0 Å². The Morgan fingerprint density at radius 2 is 1.82 bits per heavy atom. The van der Waals surface area contributed by atoms with E-state index in [4.69, 9.17) is 18.8 Å². The predicted octanol–water partition coefficient (Wildman–Crippen LogP) is 3.80. The average Bonchev–Trinajstić information content (AvgIpc) is 3.12. The molecule has 3 rings (SSSR count). The van der Waals surface area contributed by atoms with Crippen molar-refractivity contribution in [1.82, 2.24) is 5.32 Å². The highest BCUT2D eigenvalue weighted by molar-refractivity contribution is 6.62. The Balaban J connectivity index is 1.73. The van der Waals surface area contributed by atoms with E-state index in [1.165, 1.54) is 12.1 Å². The van der Waals surface area contributed by atoms with Gasteiger partial charge >= 0.3 is 13.2 Å². The summed E-state index contributed by atoms with van der Waals surface area (Å²) < 4.78 is 37.4. The molecule has 9 nitrogen and oxygen atoms in total. The van der Waals surface area contributed by atoms with Crippen molar-refractivity contribution in [3.05, 3.63) is 33.9 Å². The number of amides is 1. The fourth-order valence-electron chi connectivity index (χ4n) is 3.94. The van der Waals surface area contributed by atoms with Gasteiger partial charge in [-0.25, -0.2) is 9.18 Å². The first-order valence-corrected chi connectivity index (χ1v) is 11.5. The van der Waals surface area contributed by atoms with Crippen LogP contribution in [0.5, 0.6) is 0 Å². The maximum Gasteiger partial charge on any atom is 0.495 e. The smallest absolute Gasteiger partial charge is 0.444 e. The molecular formula is C23H34BFN2O7. The number of carbonyl (C=O) groups is 1. The highest BCUT2D eigenvalue weighted by Gasteiger charge is 2.52. The third-order valence-electron chi connectivity index (χ3n) is 6.35. The van der Waals surface area contributed by atoms with Crippen molar-refractivity contribution < 1.29 is 32.9 Å². The van der Waals surface area contributed by atoms with Crippen LogP contribution in [-0.4, -0.2) is 53.3 Å². The fraction of sp³-hybridized carbons (Fsp3) is 0.696. The molecule has 0 bridgehead atoms. The zero-order chi connectivity index (χ0) is 25.5. The number of hydrogen-bond donors (Lipinski definition) is 1. The van der Waals surface area contributed by atoms with Crippen molar-refractivity contribution in [2.24, 2.45) is 0 Å². The lowest BCUT2D eigenvalue weighted by atomic mass is 9.78. The van der Waals surface area contributed by atoms with Crippen molar-refractivity contribution in [3.63, 3.8) is 0 Å². The van der Waals surface area contributed by atoms with Crippen molar-refractivity contribution in [2.75, 3.05) is 0 Å². The van der Waals surface area contributed by atoms with Gasteiger partial charge in [0.1, 0.15) is 11.8 Å². The summed E-state index contributed by atoms with van der Waals surface area (Å²) in [5, 5.41) is 14.2. The zero-order valence-corrected chi connectivity index (χ0v) is 20.8. The van der Waals surface area contributed by atoms with E-state index in [0.29, 0.717) is 11.0 Å². The molecule has 188 valence electrons. The van der Waals surface area contributed by atoms with Crippen molar-refractivity contribution in [3.8, 4) is 0 Å². The van der Waals surface area contributed by atoms with E-state index in [-0.39, 0.29) is 25.1 Å². The van der Waals surface area contributed by atoms with Gasteiger partial charge in [-0.1, -0.05) is 6.07 Å². The van der Waals surface area contributed by atoms with Crippen LogP contribution in [-0.2, 0) is 25.4 Å². The second kappa shape index (κ2) is 9.43. The number of nitrogens with zero attached hydrogens (tertiary/aromatic N) is 1. The van der Waals surface area contributed by atoms with E-state index in [1.807, 2.05) is 27.7 Å². The second-order valence-electron chi connectivity index (χ2n) is 10.9. The van der Waals surface area contributed by atoms with Crippen LogP contribution in [0.15, 0.2) is 18.2 Å². The highest BCUT2D eigenvalue weighted by atomic mass is 19.1. The molecule has 0 radical (unpaired) electrons. The lowest BCUT2D eigenvalue weighted by molar-refractivity contribution is -0.384. The Morgan fingerprint density at radius 1 is 1.21 bits per heavy atom. The Hall–Kier alpha value is -2.24. The number of hydrogen-bond acceptors (Lipinski definition) is 7. The van der Waals surface area contributed by atoms with Gasteiger partial charge in [0.15, 0.2) is 0 Å². The minimum Gasteiger partial charge on any atom is -0.444 e. The number of non-ortho nitro benzene ring substituents is 1.